The minimum absolute atomic E-state index is 0.00650. The van der Waals surface area contributed by atoms with Gasteiger partial charge in [-0.15, -0.1) is 0 Å². The molecule has 1 aromatic heterocycles. The summed E-state index contributed by atoms with van der Waals surface area (Å²) < 4.78 is 5.20. The second-order valence-electron chi connectivity index (χ2n) is 5.79. The first kappa shape index (κ1) is 13.8. The fraction of sp³-hybridized carbons (Fsp3) is 0.375. The van der Waals surface area contributed by atoms with Gasteiger partial charge in [-0.05, 0) is 55.3 Å². The minimum Gasteiger partial charge on any atom is -0.440 e. The van der Waals surface area contributed by atoms with E-state index in [1.807, 2.05) is 24.3 Å². The number of hydrogen-bond acceptors (Lipinski definition) is 5. The smallest absolute Gasteiger partial charge is 0.260 e. The van der Waals surface area contributed by atoms with Gasteiger partial charge in [0.25, 0.3) is 11.1 Å². The van der Waals surface area contributed by atoms with Crippen molar-refractivity contribution in [1.29, 1.82) is 0 Å². The van der Waals surface area contributed by atoms with Crippen LogP contribution < -0.4 is 10.6 Å². The highest BCUT2D eigenvalue weighted by Crippen LogP contribution is 2.29. The molecule has 22 heavy (non-hydrogen) atoms. The van der Waals surface area contributed by atoms with E-state index in [1.54, 1.807) is 12.5 Å². The molecule has 1 amide bonds. The second kappa shape index (κ2) is 5.78. The van der Waals surface area contributed by atoms with Gasteiger partial charge in [-0.3, -0.25) is 4.79 Å². The highest BCUT2D eigenvalue weighted by Gasteiger charge is 2.39. The van der Waals surface area contributed by atoms with Gasteiger partial charge >= 0.3 is 0 Å². The number of amides is 1. The summed E-state index contributed by atoms with van der Waals surface area (Å²) in [7, 11) is 0. The molecule has 114 valence electrons. The Labute approximate surface area is 132 Å². The van der Waals surface area contributed by atoms with E-state index in [1.165, 1.54) is 24.6 Å². The normalized spacial score (nSPS) is 26.3. The Bertz CT molecular complexity index is 657. The fourth-order valence-electron chi connectivity index (χ4n) is 3.27. The van der Waals surface area contributed by atoms with E-state index >= 15 is 0 Å². The Morgan fingerprint density at radius 2 is 2.18 bits per heavy atom. The molecule has 5 nitrogen and oxygen atoms in total. The van der Waals surface area contributed by atoms with Crippen LogP contribution in [0.5, 0.6) is 0 Å². The lowest BCUT2D eigenvalue weighted by Crippen LogP contribution is -2.42. The average Bonchev–Trinajstić information content (AvgIpc) is 3.25. The van der Waals surface area contributed by atoms with Crippen LogP contribution in [0.3, 0.4) is 0 Å². The summed E-state index contributed by atoms with van der Waals surface area (Å²) in [4.78, 5) is 17.4. The third-order valence-corrected chi connectivity index (χ3v) is 5.23. The molecule has 2 fully saturated rings. The van der Waals surface area contributed by atoms with Crippen molar-refractivity contribution < 1.29 is 9.21 Å². The van der Waals surface area contributed by atoms with E-state index in [9.17, 15) is 4.79 Å². The summed E-state index contributed by atoms with van der Waals surface area (Å²) in [5.74, 6) is 0.00650. The molecule has 2 aliphatic heterocycles. The van der Waals surface area contributed by atoms with Crippen LogP contribution in [-0.2, 0) is 0 Å². The third-order valence-electron chi connectivity index (χ3n) is 4.35. The van der Waals surface area contributed by atoms with Crippen LogP contribution in [0.25, 0.3) is 0 Å². The third kappa shape index (κ3) is 2.76. The second-order valence-corrected chi connectivity index (χ2v) is 6.81. The van der Waals surface area contributed by atoms with Crippen molar-refractivity contribution in [2.45, 2.75) is 47.5 Å². The highest BCUT2D eigenvalue weighted by molar-refractivity contribution is 7.99. The van der Waals surface area contributed by atoms with E-state index in [-0.39, 0.29) is 11.9 Å². The number of fused-ring (bicyclic) bond motifs is 2. The van der Waals surface area contributed by atoms with Crippen LogP contribution in [0, 0.1) is 0 Å². The van der Waals surface area contributed by atoms with Gasteiger partial charge in [-0.1, -0.05) is 0 Å². The summed E-state index contributed by atoms with van der Waals surface area (Å²) in [5, 5.41) is 7.29. The van der Waals surface area contributed by atoms with Gasteiger partial charge in [-0.25, -0.2) is 4.98 Å². The van der Waals surface area contributed by atoms with Gasteiger partial charge < -0.3 is 15.1 Å². The first-order valence-corrected chi connectivity index (χ1v) is 8.34. The lowest BCUT2D eigenvalue weighted by Gasteiger charge is -2.21. The van der Waals surface area contributed by atoms with Crippen molar-refractivity contribution in [3.05, 3.63) is 42.3 Å². The number of hydrogen-bond donors (Lipinski definition) is 2. The molecule has 0 radical (unpaired) electrons. The Balaban J connectivity index is 1.38. The van der Waals surface area contributed by atoms with Crippen LogP contribution in [0.2, 0.25) is 0 Å². The Kier molecular flexibility index (Phi) is 3.63. The number of nitrogens with one attached hydrogen (secondary N) is 2. The summed E-state index contributed by atoms with van der Waals surface area (Å²) in [6, 6.07) is 8.85. The van der Waals surface area contributed by atoms with Gasteiger partial charge in [0, 0.05) is 28.6 Å². The summed E-state index contributed by atoms with van der Waals surface area (Å²) in [5.41, 5.74) is 0.694. The van der Waals surface area contributed by atoms with Crippen molar-refractivity contribution in [3.63, 3.8) is 0 Å². The predicted molar refractivity (Wildman–Crippen MR) is 82.9 cm³/mol. The zero-order chi connectivity index (χ0) is 14.9. The molecule has 2 N–H and O–H groups in total. The predicted octanol–water partition coefficient (Wildman–Crippen LogP) is 2.45. The van der Waals surface area contributed by atoms with Gasteiger partial charge in [0.2, 0.25) is 0 Å². The Morgan fingerprint density at radius 3 is 2.82 bits per heavy atom. The molecule has 0 aliphatic carbocycles. The quantitative estimate of drug-likeness (QED) is 0.907. The Hall–Kier alpha value is -1.79. The fourth-order valence-corrected chi connectivity index (χ4v) is 3.96. The lowest BCUT2D eigenvalue weighted by atomic mass is 9.95. The van der Waals surface area contributed by atoms with Crippen molar-refractivity contribution in [2.24, 2.45) is 0 Å². The molecular weight excluding hydrogens is 298 g/mol. The lowest BCUT2D eigenvalue weighted by molar-refractivity contribution is 0.0931. The number of rotatable bonds is 4. The summed E-state index contributed by atoms with van der Waals surface area (Å²) >= 11 is 1.44. The van der Waals surface area contributed by atoms with E-state index in [2.05, 4.69) is 15.6 Å². The first-order chi connectivity index (χ1) is 10.8. The molecule has 3 atom stereocenters. The molecule has 2 aromatic rings. The maximum atomic E-state index is 12.3. The highest BCUT2D eigenvalue weighted by atomic mass is 32.2. The van der Waals surface area contributed by atoms with E-state index in [0.29, 0.717) is 22.9 Å². The molecule has 1 aromatic carbocycles. The number of aromatic nitrogens is 1. The molecule has 2 aliphatic rings. The van der Waals surface area contributed by atoms with Crippen LogP contribution in [0.4, 0.5) is 0 Å². The molecule has 0 spiro atoms. The molecule has 6 heteroatoms. The average molecular weight is 315 g/mol. The van der Waals surface area contributed by atoms with E-state index in [0.717, 1.165) is 11.3 Å². The number of nitrogens with zero attached hydrogens (tertiary/aromatic N) is 1. The SMILES string of the molecule is O=C(NC1CC2CCC1N2)c1ccc(Sc2ncco2)cc1. The van der Waals surface area contributed by atoms with E-state index < -0.39 is 0 Å². The Morgan fingerprint density at radius 1 is 1.32 bits per heavy atom. The summed E-state index contributed by atoms with van der Waals surface area (Å²) in [6.07, 6.45) is 6.63. The van der Waals surface area contributed by atoms with Gasteiger partial charge in [-0.2, -0.15) is 0 Å². The van der Waals surface area contributed by atoms with Crippen LogP contribution >= 0.6 is 11.8 Å². The number of carbonyl (C=O) groups is 1. The zero-order valence-electron chi connectivity index (χ0n) is 12.0. The number of carbonyl (C=O) groups excluding carboxylic acids is 1. The maximum Gasteiger partial charge on any atom is 0.260 e. The van der Waals surface area contributed by atoms with Gasteiger partial charge in [0.15, 0.2) is 0 Å². The molecule has 2 saturated heterocycles. The van der Waals surface area contributed by atoms with E-state index in [4.69, 9.17) is 4.42 Å². The number of benzene rings is 1. The van der Waals surface area contributed by atoms with Crippen molar-refractivity contribution >= 4 is 17.7 Å². The molecule has 2 bridgehead atoms. The van der Waals surface area contributed by atoms with Crippen molar-refractivity contribution in [1.82, 2.24) is 15.6 Å². The van der Waals surface area contributed by atoms with Crippen LogP contribution in [0.1, 0.15) is 29.6 Å². The van der Waals surface area contributed by atoms with Crippen molar-refractivity contribution in [2.75, 3.05) is 0 Å². The molecule has 3 unspecified atom stereocenters. The minimum atomic E-state index is 0.00650. The maximum absolute atomic E-state index is 12.3. The monoisotopic (exact) mass is 315 g/mol. The zero-order valence-corrected chi connectivity index (χ0v) is 12.8. The van der Waals surface area contributed by atoms with Gasteiger partial charge in [0.1, 0.15) is 6.26 Å². The topological polar surface area (TPSA) is 67.2 Å². The molecule has 4 rings (SSSR count). The van der Waals surface area contributed by atoms with Crippen LogP contribution in [-0.4, -0.2) is 29.0 Å². The molecular formula is C16H17N3O2S. The largest absolute Gasteiger partial charge is 0.440 e. The molecule has 3 heterocycles. The number of oxazole rings is 1. The first-order valence-electron chi connectivity index (χ1n) is 7.52. The van der Waals surface area contributed by atoms with Gasteiger partial charge in [0.05, 0.1) is 6.20 Å². The standard InChI is InChI=1S/C16H17N3O2S/c20-15(19-14-9-11-3-6-13(14)18-11)10-1-4-12(5-2-10)22-16-17-7-8-21-16/h1-2,4-5,7-8,11,13-14,18H,3,6,9H2,(H,19,20). The van der Waals surface area contributed by atoms with Crippen LogP contribution in [0.15, 0.2) is 51.3 Å². The van der Waals surface area contributed by atoms with Crippen molar-refractivity contribution in [3.8, 4) is 0 Å². The molecule has 0 saturated carbocycles. The summed E-state index contributed by atoms with van der Waals surface area (Å²) in [6.45, 7) is 0.